The van der Waals surface area contributed by atoms with E-state index < -0.39 is 0 Å². The maximum absolute atomic E-state index is 2.58. The molecule has 1 saturated heterocycles. The van der Waals surface area contributed by atoms with Gasteiger partial charge in [-0.05, 0) is 19.3 Å². The van der Waals surface area contributed by atoms with Crippen molar-refractivity contribution in [3.63, 3.8) is 0 Å². The van der Waals surface area contributed by atoms with Crippen molar-refractivity contribution in [2.45, 2.75) is 19.1 Å². The highest BCUT2D eigenvalue weighted by molar-refractivity contribution is 6.57. The molecule has 0 aromatic rings. The average molecular weight is 121 g/mol. The molecule has 2 rings (SSSR count). The predicted octanol–water partition coefficient (Wildman–Crippen LogP) is 1.25. The summed E-state index contributed by atoms with van der Waals surface area (Å²) in [6.45, 7) is 3.47. The van der Waals surface area contributed by atoms with E-state index in [-0.39, 0.29) is 0 Å². The summed E-state index contributed by atoms with van der Waals surface area (Å²) >= 11 is 0. The number of allylic oxidation sites excluding steroid dienone is 1. The van der Waals surface area contributed by atoms with Gasteiger partial charge in [0.15, 0.2) is 0 Å². The normalized spacial score (nSPS) is 26.9. The lowest BCUT2D eigenvalue weighted by Crippen LogP contribution is -2.35. The Bertz CT molecular complexity index is 119. The minimum Gasteiger partial charge on any atom is -0.338 e. The molecule has 0 aliphatic carbocycles. The largest absolute Gasteiger partial charge is 0.338 e. The molecule has 0 atom stereocenters. The van der Waals surface area contributed by atoms with E-state index in [1.807, 2.05) is 0 Å². The van der Waals surface area contributed by atoms with Crippen LogP contribution in [0.2, 0.25) is 12.6 Å². The monoisotopic (exact) mass is 121 g/mol. The lowest BCUT2D eigenvalue weighted by molar-refractivity contribution is 0.510. The molecule has 2 heteroatoms. The zero-order valence-corrected chi connectivity index (χ0v) is 5.71. The van der Waals surface area contributed by atoms with Crippen molar-refractivity contribution in [2.75, 3.05) is 13.1 Å². The Balaban J connectivity index is 2.07. The Morgan fingerprint density at radius 1 is 1.33 bits per heavy atom. The molecular formula is C7H12BN. The highest BCUT2D eigenvalue weighted by atomic mass is 15.1. The lowest BCUT2D eigenvalue weighted by Gasteiger charge is -2.22. The first kappa shape index (κ1) is 5.54. The summed E-state index contributed by atoms with van der Waals surface area (Å²) in [5.41, 5.74) is 0. The molecule has 48 valence electrons. The third-order valence-corrected chi connectivity index (χ3v) is 2.41. The molecule has 0 aromatic heterocycles. The SMILES string of the molecule is C1=CCN2CCCB2C1. The molecule has 9 heavy (non-hydrogen) atoms. The van der Waals surface area contributed by atoms with Crippen LogP contribution in [0.5, 0.6) is 0 Å². The molecule has 1 fully saturated rings. The zero-order chi connectivity index (χ0) is 6.10. The number of hydrogen-bond acceptors (Lipinski definition) is 1. The van der Waals surface area contributed by atoms with Gasteiger partial charge in [-0.3, -0.25) is 0 Å². The number of fused-ring (bicyclic) bond motifs is 1. The third-order valence-electron chi connectivity index (χ3n) is 2.41. The van der Waals surface area contributed by atoms with E-state index in [1.54, 1.807) is 0 Å². The van der Waals surface area contributed by atoms with Crippen LogP contribution in [-0.4, -0.2) is 24.7 Å². The maximum atomic E-state index is 2.58. The van der Waals surface area contributed by atoms with E-state index in [9.17, 15) is 0 Å². The van der Waals surface area contributed by atoms with Crippen molar-refractivity contribution in [1.29, 1.82) is 0 Å². The number of hydrogen-bond donors (Lipinski definition) is 0. The van der Waals surface area contributed by atoms with Gasteiger partial charge in [-0.2, -0.15) is 0 Å². The van der Waals surface area contributed by atoms with Gasteiger partial charge in [-0.15, -0.1) is 0 Å². The minimum absolute atomic E-state index is 0.912. The summed E-state index contributed by atoms with van der Waals surface area (Å²) in [4.78, 5) is 2.58. The fourth-order valence-corrected chi connectivity index (χ4v) is 1.87. The molecule has 2 aliphatic heterocycles. The quantitative estimate of drug-likeness (QED) is 0.344. The van der Waals surface area contributed by atoms with Crippen molar-refractivity contribution in [1.82, 2.24) is 4.81 Å². The standard InChI is InChI=1S/C7H12BN/c1-2-6-9-7-3-5-8(9)4-1/h1-2H,3-7H2. The van der Waals surface area contributed by atoms with Crippen molar-refractivity contribution >= 4 is 6.85 Å². The van der Waals surface area contributed by atoms with Crippen LogP contribution in [0.4, 0.5) is 0 Å². The first-order chi connectivity index (χ1) is 4.47. The predicted molar refractivity (Wildman–Crippen MR) is 40.7 cm³/mol. The Labute approximate surface area is 56.8 Å². The van der Waals surface area contributed by atoms with Crippen molar-refractivity contribution in [3.8, 4) is 0 Å². The smallest absolute Gasteiger partial charge is 0.227 e. The second kappa shape index (κ2) is 2.18. The van der Waals surface area contributed by atoms with Crippen LogP contribution in [0, 0.1) is 0 Å². The van der Waals surface area contributed by atoms with Gasteiger partial charge in [0.2, 0.25) is 6.85 Å². The summed E-state index contributed by atoms with van der Waals surface area (Å²) < 4.78 is 0. The molecule has 0 unspecified atom stereocenters. The summed E-state index contributed by atoms with van der Waals surface area (Å²) in [5.74, 6) is 0. The number of nitrogens with zero attached hydrogens (tertiary/aromatic N) is 1. The summed E-state index contributed by atoms with van der Waals surface area (Å²) in [6, 6.07) is 0. The van der Waals surface area contributed by atoms with E-state index in [1.165, 1.54) is 32.2 Å². The summed E-state index contributed by atoms with van der Waals surface area (Å²) in [5, 5.41) is 0. The van der Waals surface area contributed by atoms with Crippen LogP contribution in [0.25, 0.3) is 0 Å². The van der Waals surface area contributed by atoms with Gasteiger partial charge < -0.3 is 4.81 Å². The molecule has 0 spiro atoms. The van der Waals surface area contributed by atoms with E-state index in [4.69, 9.17) is 0 Å². The van der Waals surface area contributed by atoms with Gasteiger partial charge in [0, 0.05) is 6.54 Å². The molecule has 0 radical (unpaired) electrons. The maximum Gasteiger partial charge on any atom is 0.227 e. The molecule has 1 nitrogen and oxygen atoms in total. The molecule has 2 aliphatic rings. The van der Waals surface area contributed by atoms with Crippen LogP contribution in [-0.2, 0) is 0 Å². The Kier molecular flexibility index (Phi) is 1.34. The molecule has 0 N–H and O–H groups in total. The average Bonchev–Trinajstić information content (AvgIpc) is 2.33. The summed E-state index contributed by atoms with van der Waals surface area (Å²) in [7, 11) is 0. The van der Waals surface area contributed by atoms with Crippen molar-refractivity contribution in [3.05, 3.63) is 12.2 Å². The van der Waals surface area contributed by atoms with Crippen LogP contribution in [0.1, 0.15) is 6.42 Å². The first-order valence-corrected chi connectivity index (χ1v) is 3.86. The van der Waals surface area contributed by atoms with Crippen LogP contribution in [0.3, 0.4) is 0 Å². The second-order valence-electron chi connectivity index (χ2n) is 3.00. The van der Waals surface area contributed by atoms with Crippen molar-refractivity contribution in [2.24, 2.45) is 0 Å². The molecule has 0 bridgehead atoms. The van der Waals surface area contributed by atoms with Crippen LogP contribution < -0.4 is 0 Å². The Hall–Kier alpha value is -0.235. The molecule has 2 heterocycles. The molecule has 0 amide bonds. The van der Waals surface area contributed by atoms with Gasteiger partial charge in [0.05, 0.1) is 0 Å². The van der Waals surface area contributed by atoms with Crippen molar-refractivity contribution < 1.29 is 0 Å². The van der Waals surface area contributed by atoms with E-state index in [2.05, 4.69) is 17.0 Å². The third kappa shape index (κ3) is 0.918. The van der Waals surface area contributed by atoms with E-state index in [0.717, 1.165) is 6.85 Å². The van der Waals surface area contributed by atoms with Crippen LogP contribution >= 0.6 is 0 Å². The number of rotatable bonds is 0. The fraction of sp³-hybridized carbons (Fsp3) is 0.714. The molecular weight excluding hydrogens is 109 g/mol. The molecule has 0 aromatic carbocycles. The Morgan fingerprint density at radius 3 is 3.22 bits per heavy atom. The highest BCUT2D eigenvalue weighted by Gasteiger charge is 2.27. The van der Waals surface area contributed by atoms with E-state index in [0.29, 0.717) is 0 Å². The topological polar surface area (TPSA) is 3.24 Å². The van der Waals surface area contributed by atoms with Gasteiger partial charge in [-0.1, -0.05) is 18.5 Å². The summed E-state index contributed by atoms with van der Waals surface area (Å²) in [6.07, 6.45) is 8.78. The first-order valence-electron chi connectivity index (χ1n) is 3.86. The van der Waals surface area contributed by atoms with Gasteiger partial charge in [-0.25, -0.2) is 0 Å². The Morgan fingerprint density at radius 2 is 2.33 bits per heavy atom. The van der Waals surface area contributed by atoms with Gasteiger partial charge >= 0.3 is 0 Å². The fourth-order valence-electron chi connectivity index (χ4n) is 1.87. The molecule has 0 saturated carbocycles. The lowest BCUT2D eigenvalue weighted by atomic mass is 9.55. The van der Waals surface area contributed by atoms with E-state index >= 15 is 0 Å². The van der Waals surface area contributed by atoms with Gasteiger partial charge in [0.1, 0.15) is 0 Å². The minimum atomic E-state index is 0.912. The van der Waals surface area contributed by atoms with Crippen LogP contribution in [0.15, 0.2) is 12.2 Å². The zero-order valence-electron chi connectivity index (χ0n) is 5.71. The van der Waals surface area contributed by atoms with Gasteiger partial charge in [0.25, 0.3) is 0 Å². The highest BCUT2D eigenvalue weighted by Crippen LogP contribution is 2.20. The second-order valence-corrected chi connectivity index (χ2v) is 3.00.